The molecule has 0 spiro atoms. The first-order chi connectivity index (χ1) is 16.9. The number of amides is 2. The molecule has 3 aromatic carbocycles. The van der Waals surface area contributed by atoms with Gasteiger partial charge in [-0.15, -0.1) is 11.3 Å². The molecular weight excluding hydrogens is 493 g/mol. The molecule has 0 fully saturated rings. The van der Waals surface area contributed by atoms with E-state index in [2.05, 4.69) is 15.8 Å². The SMILES string of the molecule is O=C(CNC(=O)c1ccc(F)cc1)N/N=C\c1ccc(OC(=O)c2sc3ccccc3c2Cl)cc1. The van der Waals surface area contributed by atoms with Crippen molar-refractivity contribution in [3.05, 3.63) is 99.6 Å². The smallest absolute Gasteiger partial charge is 0.355 e. The van der Waals surface area contributed by atoms with E-state index in [1.165, 1.54) is 29.7 Å². The molecule has 7 nitrogen and oxygen atoms in total. The molecule has 0 saturated carbocycles. The van der Waals surface area contributed by atoms with Crippen LogP contribution in [0.3, 0.4) is 0 Å². The number of carbonyl (C=O) groups is 3. The number of hydrazone groups is 1. The molecule has 0 aliphatic carbocycles. The maximum atomic E-state index is 12.9. The lowest BCUT2D eigenvalue weighted by atomic mass is 10.2. The number of nitrogens with one attached hydrogen (secondary N) is 2. The van der Waals surface area contributed by atoms with Crippen molar-refractivity contribution in [1.29, 1.82) is 0 Å². The summed E-state index contributed by atoms with van der Waals surface area (Å²) in [4.78, 5) is 36.6. The summed E-state index contributed by atoms with van der Waals surface area (Å²) in [6, 6.07) is 18.9. The highest BCUT2D eigenvalue weighted by Gasteiger charge is 2.18. The van der Waals surface area contributed by atoms with Gasteiger partial charge in [-0.2, -0.15) is 5.10 Å². The molecule has 0 bridgehead atoms. The van der Waals surface area contributed by atoms with Crippen LogP contribution in [0.4, 0.5) is 4.39 Å². The largest absolute Gasteiger partial charge is 0.422 e. The van der Waals surface area contributed by atoms with E-state index < -0.39 is 23.6 Å². The van der Waals surface area contributed by atoms with Gasteiger partial charge in [0.05, 0.1) is 17.8 Å². The number of fused-ring (bicyclic) bond motifs is 1. The zero-order valence-corrected chi connectivity index (χ0v) is 19.5. The molecule has 0 radical (unpaired) electrons. The van der Waals surface area contributed by atoms with Crippen molar-refractivity contribution in [3.8, 4) is 5.75 Å². The van der Waals surface area contributed by atoms with Crippen LogP contribution in [0.1, 0.15) is 25.6 Å². The lowest BCUT2D eigenvalue weighted by molar-refractivity contribution is -0.120. The number of benzene rings is 3. The Bertz CT molecular complexity index is 1420. The van der Waals surface area contributed by atoms with Crippen molar-refractivity contribution in [2.75, 3.05) is 6.54 Å². The molecule has 2 amide bonds. The average molecular weight is 510 g/mol. The number of hydrogen-bond donors (Lipinski definition) is 2. The van der Waals surface area contributed by atoms with Gasteiger partial charge in [-0.3, -0.25) is 9.59 Å². The molecule has 0 atom stereocenters. The summed E-state index contributed by atoms with van der Waals surface area (Å²) in [7, 11) is 0. The van der Waals surface area contributed by atoms with Gasteiger partial charge in [0.2, 0.25) is 0 Å². The van der Waals surface area contributed by atoms with Gasteiger partial charge in [0, 0.05) is 15.6 Å². The van der Waals surface area contributed by atoms with Gasteiger partial charge in [0.15, 0.2) is 0 Å². The summed E-state index contributed by atoms with van der Waals surface area (Å²) >= 11 is 7.59. The highest BCUT2D eigenvalue weighted by Crippen LogP contribution is 2.35. The van der Waals surface area contributed by atoms with Crippen molar-refractivity contribution < 1.29 is 23.5 Å². The lowest BCUT2D eigenvalue weighted by Gasteiger charge is -2.04. The number of esters is 1. The standard InChI is InChI=1S/C25H17ClFN3O4S/c26-22-19-3-1-2-4-20(19)35-23(22)25(33)34-18-11-5-15(6-12-18)13-29-30-21(31)14-28-24(32)16-7-9-17(27)10-8-16/h1-13H,14H2,(H,28,32)(H,30,31)/b29-13-. The number of hydrogen-bond acceptors (Lipinski definition) is 6. The predicted octanol–water partition coefficient (Wildman–Crippen LogP) is 4.79. The van der Waals surface area contributed by atoms with Crippen LogP contribution >= 0.6 is 22.9 Å². The Morgan fingerprint density at radius 1 is 1.00 bits per heavy atom. The number of rotatable bonds is 7. The monoisotopic (exact) mass is 509 g/mol. The minimum Gasteiger partial charge on any atom is -0.422 e. The highest BCUT2D eigenvalue weighted by molar-refractivity contribution is 7.21. The second-order valence-corrected chi connectivity index (χ2v) is 8.61. The second kappa shape index (κ2) is 10.9. The van der Waals surface area contributed by atoms with E-state index in [0.29, 0.717) is 21.2 Å². The molecule has 0 unspecified atom stereocenters. The molecule has 0 saturated heterocycles. The van der Waals surface area contributed by atoms with Crippen LogP contribution in [0, 0.1) is 5.82 Å². The summed E-state index contributed by atoms with van der Waals surface area (Å²) in [6.07, 6.45) is 1.40. The molecule has 35 heavy (non-hydrogen) atoms. The maximum Gasteiger partial charge on any atom is 0.355 e. The Labute approximate surface area is 208 Å². The van der Waals surface area contributed by atoms with Crippen LogP contribution in [0.15, 0.2) is 77.9 Å². The summed E-state index contributed by atoms with van der Waals surface area (Å²) in [5.74, 6) is -1.73. The summed E-state index contributed by atoms with van der Waals surface area (Å²) < 4.78 is 19.2. The highest BCUT2D eigenvalue weighted by atomic mass is 35.5. The van der Waals surface area contributed by atoms with Crippen LogP contribution in [0.5, 0.6) is 5.75 Å². The van der Waals surface area contributed by atoms with E-state index in [9.17, 15) is 18.8 Å². The first kappa shape index (κ1) is 24.1. The van der Waals surface area contributed by atoms with Crippen molar-refractivity contribution in [2.24, 2.45) is 5.10 Å². The predicted molar refractivity (Wildman–Crippen MR) is 133 cm³/mol. The minimum atomic E-state index is -0.549. The number of halogens is 2. The first-order valence-electron chi connectivity index (χ1n) is 10.3. The quantitative estimate of drug-likeness (QED) is 0.162. The molecule has 1 aromatic heterocycles. The normalized spacial score (nSPS) is 10.9. The van der Waals surface area contributed by atoms with E-state index in [0.717, 1.165) is 22.2 Å². The Morgan fingerprint density at radius 2 is 1.71 bits per heavy atom. The number of ether oxygens (including phenoxy) is 1. The van der Waals surface area contributed by atoms with Gasteiger partial charge in [0.25, 0.3) is 11.8 Å². The average Bonchev–Trinajstić information content (AvgIpc) is 3.21. The number of nitrogens with zero attached hydrogens (tertiary/aromatic N) is 1. The molecule has 2 N–H and O–H groups in total. The van der Waals surface area contributed by atoms with E-state index in [4.69, 9.17) is 16.3 Å². The van der Waals surface area contributed by atoms with Crippen molar-refractivity contribution in [3.63, 3.8) is 0 Å². The Balaban J connectivity index is 1.26. The summed E-state index contributed by atoms with van der Waals surface area (Å²) in [5, 5.41) is 7.41. The Hall–Kier alpha value is -4.08. The fourth-order valence-corrected chi connectivity index (χ4v) is 4.39. The molecule has 176 valence electrons. The first-order valence-corrected chi connectivity index (χ1v) is 11.4. The molecule has 0 aliphatic heterocycles. The van der Waals surface area contributed by atoms with Crippen LogP contribution in [-0.4, -0.2) is 30.5 Å². The molecule has 4 aromatic rings. The van der Waals surface area contributed by atoms with Crippen LogP contribution in [0.2, 0.25) is 5.02 Å². The van der Waals surface area contributed by atoms with E-state index in [-0.39, 0.29) is 12.1 Å². The van der Waals surface area contributed by atoms with E-state index in [1.54, 1.807) is 24.3 Å². The minimum absolute atomic E-state index is 0.234. The van der Waals surface area contributed by atoms with Gasteiger partial charge in [-0.25, -0.2) is 14.6 Å². The summed E-state index contributed by atoms with van der Waals surface area (Å²) in [5.41, 5.74) is 3.17. The van der Waals surface area contributed by atoms with Crippen molar-refractivity contribution in [2.45, 2.75) is 0 Å². The van der Waals surface area contributed by atoms with Gasteiger partial charge < -0.3 is 10.1 Å². The van der Waals surface area contributed by atoms with Crippen LogP contribution in [-0.2, 0) is 4.79 Å². The molecule has 1 heterocycles. The molecule has 0 aliphatic rings. The Kier molecular flexibility index (Phi) is 7.49. The van der Waals surface area contributed by atoms with Crippen molar-refractivity contribution in [1.82, 2.24) is 10.7 Å². The van der Waals surface area contributed by atoms with Gasteiger partial charge in [0.1, 0.15) is 16.4 Å². The van der Waals surface area contributed by atoms with Crippen molar-refractivity contribution >= 4 is 57.0 Å². The van der Waals surface area contributed by atoms with Gasteiger partial charge >= 0.3 is 5.97 Å². The molecule has 4 rings (SSSR count). The Morgan fingerprint density at radius 3 is 2.43 bits per heavy atom. The molecular formula is C25H17ClFN3O4S. The lowest BCUT2D eigenvalue weighted by Crippen LogP contribution is -2.34. The van der Waals surface area contributed by atoms with E-state index >= 15 is 0 Å². The maximum absolute atomic E-state index is 12.9. The molecule has 10 heteroatoms. The zero-order valence-electron chi connectivity index (χ0n) is 18.0. The zero-order chi connectivity index (χ0) is 24.8. The van der Waals surface area contributed by atoms with E-state index in [1.807, 2.05) is 24.3 Å². The van der Waals surface area contributed by atoms with Gasteiger partial charge in [-0.05, 0) is 60.2 Å². The van der Waals surface area contributed by atoms with Crippen LogP contribution < -0.4 is 15.5 Å². The third kappa shape index (κ3) is 6.08. The fourth-order valence-electron chi connectivity index (χ4n) is 3.00. The second-order valence-electron chi connectivity index (χ2n) is 7.18. The van der Waals surface area contributed by atoms with Crippen LogP contribution in [0.25, 0.3) is 10.1 Å². The number of thiophene rings is 1. The number of carbonyl (C=O) groups excluding carboxylic acids is 3. The van der Waals surface area contributed by atoms with Gasteiger partial charge in [-0.1, -0.05) is 29.8 Å². The summed E-state index contributed by atoms with van der Waals surface area (Å²) in [6.45, 7) is -0.303. The topological polar surface area (TPSA) is 96.9 Å². The fraction of sp³-hybridized carbons (Fsp3) is 0.0400. The third-order valence-corrected chi connectivity index (χ3v) is 6.39. The third-order valence-electron chi connectivity index (χ3n) is 4.73.